The molecule has 146 valence electrons. The first-order valence-electron chi connectivity index (χ1n) is 9.36. The number of rotatable bonds is 4. The fraction of sp³-hybridized carbons (Fsp3) is 0.333. The van der Waals surface area contributed by atoms with E-state index in [0.717, 1.165) is 5.69 Å². The summed E-state index contributed by atoms with van der Waals surface area (Å²) in [5.41, 5.74) is 1.35. The molecule has 0 unspecified atom stereocenters. The van der Waals surface area contributed by atoms with Crippen LogP contribution in [-0.4, -0.2) is 61.2 Å². The maximum Gasteiger partial charge on any atom is 0.251 e. The number of imide groups is 1. The van der Waals surface area contributed by atoms with Crippen molar-refractivity contribution in [2.24, 2.45) is 0 Å². The Morgan fingerprint density at radius 3 is 2.46 bits per heavy atom. The molecule has 4 rings (SSSR count). The van der Waals surface area contributed by atoms with Gasteiger partial charge in [-0.25, -0.2) is 4.90 Å². The van der Waals surface area contributed by atoms with Crippen LogP contribution in [0.4, 0.5) is 11.4 Å². The van der Waals surface area contributed by atoms with Gasteiger partial charge in [0.1, 0.15) is 11.5 Å². The Morgan fingerprint density at radius 1 is 1.00 bits per heavy atom. The van der Waals surface area contributed by atoms with E-state index >= 15 is 0 Å². The zero-order chi connectivity index (χ0) is 19.7. The summed E-state index contributed by atoms with van der Waals surface area (Å²) in [6.45, 7) is 2.69. The third-order valence-corrected chi connectivity index (χ3v) is 5.41. The van der Waals surface area contributed by atoms with Gasteiger partial charge in [0.25, 0.3) is 5.91 Å². The molecule has 0 spiro atoms. The van der Waals surface area contributed by atoms with Crippen molar-refractivity contribution in [1.29, 1.82) is 0 Å². The van der Waals surface area contributed by atoms with Gasteiger partial charge in [0.15, 0.2) is 0 Å². The molecule has 7 heteroatoms. The Balaban J connectivity index is 1.45. The number of hydrogen-bond acceptors (Lipinski definition) is 6. The third kappa shape index (κ3) is 3.29. The predicted octanol–water partition coefficient (Wildman–Crippen LogP) is 1.85. The lowest BCUT2D eigenvalue weighted by atomic mass is 10.1. The number of hydrogen-bond donors (Lipinski definition) is 1. The smallest absolute Gasteiger partial charge is 0.251 e. The lowest BCUT2D eigenvalue weighted by Crippen LogP contribution is -2.52. The van der Waals surface area contributed by atoms with E-state index in [1.54, 1.807) is 43.5 Å². The van der Waals surface area contributed by atoms with Gasteiger partial charge in [-0.15, -0.1) is 0 Å². The fourth-order valence-electron chi connectivity index (χ4n) is 3.93. The van der Waals surface area contributed by atoms with Crippen molar-refractivity contribution in [3.63, 3.8) is 0 Å². The highest BCUT2D eigenvalue weighted by molar-refractivity contribution is 6.22. The first kappa shape index (κ1) is 18.3. The minimum absolute atomic E-state index is 0.186. The lowest BCUT2D eigenvalue weighted by molar-refractivity contribution is -0.123. The van der Waals surface area contributed by atoms with Crippen molar-refractivity contribution in [1.82, 2.24) is 4.90 Å². The zero-order valence-corrected chi connectivity index (χ0v) is 15.7. The minimum Gasteiger partial charge on any atom is -0.506 e. The van der Waals surface area contributed by atoms with Gasteiger partial charge in [0, 0.05) is 32.2 Å². The van der Waals surface area contributed by atoms with Crippen LogP contribution in [0.3, 0.4) is 0 Å². The zero-order valence-electron chi connectivity index (χ0n) is 15.7. The SMILES string of the molecule is COc1cccc(N2C(=O)C[C@H](N3CCN(c4ccccc4O)CC3)C2=O)c1. The van der Waals surface area contributed by atoms with Crippen LogP contribution in [0.25, 0.3) is 0 Å². The van der Waals surface area contributed by atoms with Crippen molar-refractivity contribution in [3.8, 4) is 11.5 Å². The number of methoxy groups -OCH3 is 1. The molecule has 1 N–H and O–H groups in total. The molecule has 28 heavy (non-hydrogen) atoms. The summed E-state index contributed by atoms with van der Waals surface area (Å²) in [4.78, 5) is 31.0. The third-order valence-electron chi connectivity index (χ3n) is 5.41. The van der Waals surface area contributed by atoms with E-state index in [4.69, 9.17) is 4.74 Å². The summed E-state index contributed by atoms with van der Waals surface area (Å²) in [7, 11) is 1.56. The van der Waals surface area contributed by atoms with E-state index < -0.39 is 6.04 Å². The highest BCUT2D eigenvalue weighted by atomic mass is 16.5. The van der Waals surface area contributed by atoms with E-state index in [-0.39, 0.29) is 24.0 Å². The molecule has 2 heterocycles. The van der Waals surface area contributed by atoms with Gasteiger partial charge < -0.3 is 14.7 Å². The minimum atomic E-state index is -0.440. The molecule has 0 bridgehead atoms. The van der Waals surface area contributed by atoms with E-state index in [2.05, 4.69) is 9.80 Å². The van der Waals surface area contributed by atoms with Crippen molar-refractivity contribution in [3.05, 3.63) is 48.5 Å². The number of piperazine rings is 1. The number of phenols is 1. The van der Waals surface area contributed by atoms with Crippen LogP contribution >= 0.6 is 0 Å². The highest BCUT2D eigenvalue weighted by Gasteiger charge is 2.43. The van der Waals surface area contributed by atoms with Crippen molar-refractivity contribution < 1.29 is 19.4 Å². The van der Waals surface area contributed by atoms with Crippen molar-refractivity contribution in [2.45, 2.75) is 12.5 Å². The number of para-hydroxylation sites is 2. The standard InChI is InChI=1S/C21H23N3O4/c1-28-16-6-4-5-15(13-16)24-20(26)14-18(21(24)27)23-11-9-22(10-12-23)17-7-2-3-8-19(17)25/h2-8,13,18,25H,9-12,14H2,1H3/t18-/m0/s1. The van der Waals surface area contributed by atoms with Crippen molar-refractivity contribution in [2.75, 3.05) is 43.1 Å². The Bertz CT molecular complexity index is 893. The molecule has 1 atom stereocenters. The van der Waals surface area contributed by atoms with Gasteiger partial charge >= 0.3 is 0 Å². The van der Waals surface area contributed by atoms with E-state index in [0.29, 0.717) is 37.6 Å². The summed E-state index contributed by atoms with van der Waals surface area (Å²) >= 11 is 0. The first-order chi connectivity index (χ1) is 13.6. The molecule has 2 saturated heterocycles. The van der Waals surface area contributed by atoms with Crippen LogP contribution in [0.5, 0.6) is 11.5 Å². The monoisotopic (exact) mass is 381 g/mol. The predicted molar refractivity (Wildman–Crippen MR) is 106 cm³/mol. The molecule has 2 fully saturated rings. The molecular formula is C21H23N3O4. The molecule has 0 saturated carbocycles. The van der Waals surface area contributed by atoms with Crippen LogP contribution in [0, 0.1) is 0 Å². The Kier molecular flexibility index (Phi) is 4.92. The van der Waals surface area contributed by atoms with Gasteiger partial charge in [-0.1, -0.05) is 18.2 Å². The molecule has 0 aliphatic carbocycles. The highest BCUT2D eigenvalue weighted by Crippen LogP contribution is 2.31. The Morgan fingerprint density at radius 2 is 1.75 bits per heavy atom. The number of amides is 2. The number of anilines is 2. The molecule has 0 radical (unpaired) electrons. The molecular weight excluding hydrogens is 358 g/mol. The van der Waals surface area contributed by atoms with Crippen LogP contribution in [-0.2, 0) is 9.59 Å². The summed E-state index contributed by atoms with van der Waals surface area (Å²) in [5.74, 6) is 0.491. The normalized spacial score (nSPS) is 20.7. The summed E-state index contributed by atoms with van der Waals surface area (Å²) in [5, 5.41) is 10.0. The maximum absolute atomic E-state index is 13.0. The molecule has 2 aliphatic heterocycles. The second-order valence-corrected chi connectivity index (χ2v) is 7.00. The number of ether oxygens (including phenoxy) is 1. The van der Waals surface area contributed by atoms with Gasteiger partial charge in [-0.2, -0.15) is 0 Å². The van der Waals surface area contributed by atoms with Crippen LogP contribution in [0.15, 0.2) is 48.5 Å². The van der Waals surface area contributed by atoms with E-state index in [1.807, 2.05) is 12.1 Å². The van der Waals surface area contributed by atoms with E-state index in [9.17, 15) is 14.7 Å². The van der Waals surface area contributed by atoms with Crippen LogP contribution in [0.1, 0.15) is 6.42 Å². The number of carbonyl (C=O) groups is 2. The van der Waals surface area contributed by atoms with Gasteiger partial charge in [-0.05, 0) is 24.3 Å². The first-order valence-corrected chi connectivity index (χ1v) is 9.36. The average Bonchev–Trinajstić information content (AvgIpc) is 3.02. The largest absolute Gasteiger partial charge is 0.506 e. The van der Waals surface area contributed by atoms with Crippen LogP contribution in [0.2, 0.25) is 0 Å². The second-order valence-electron chi connectivity index (χ2n) is 7.00. The van der Waals surface area contributed by atoms with Gasteiger partial charge in [-0.3, -0.25) is 14.5 Å². The van der Waals surface area contributed by atoms with Gasteiger partial charge in [0.2, 0.25) is 5.91 Å². The van der Waals surface area contributed by atoms with E-state index in [1.165, 1.54) is 4.90 Å². The topological polar surface area (TPSA) is 73.3 Å². The Hall–Kier alpha value is -3.06. The quantitative estimate of drug-likeness (QED) is 0.815. The number of benzene rings is 2. The average molecular weight is 381 g/mol. The summed E-state index contributed by atoms with van der Waals surface area (Å²) in [6.07, 6.45) is 0.187. The summed E-state index contributed by atoms with van der Waals surface area (Å²) in [6, 6.07) is 13.8. The van der Waals surface area contributed by atoms with Crippen LogP contribution < -0.4 is 14.5 Å². The second kappa shape index (κ2) is 7.52. The maximum atomic E-state index is 13.0. The Labute approximate surface area is 163 Å². The molecule has 2 aliphatic rings. The van der Waals surface area contributed by atoms with Gasteiger partial charge in [0.05, 0.1) is 30.9 Å². The fourth-order valence-corrected chi connectivity index (χ4v) is 3.93. The molecule has 2 aromatic carbocycles. The number of carbonyl (C=O) groups excluding carboxylic acids is 2. The summed E-state index contributed by atoms with van der Waals surface area (Å²) < 4.78 is 5.21. The number of nitrogens with zero attached hydrogens (tertiary/aromatic N) is 3. The lowest BCUT2D eigenvalue weighted by Gasteiger charge is -2.38. The molecule has 2 amide bonds. The molecule has 7 nitrogen and oxygen atoms in total. The number of aromatic hydroxyl groups is 1. The molecule has 2 aromatic rings. The molecule has 0 aromatic heterocycles. The van der Waals surface area contributed by atoms with Crippen molar-refractivity contribution >= 4 is 23.2 Å². The number of phenolic OH excluding ortho intramolecular Hbond substituents is 1.